The maximum atomic E-state index is 14.7. The van der Waals surface area contributed by atoms with Gasteiger partial charge in [0, 0.05) is 11.8 Å². The number of hydrogen-bond acceptors (Lipinski definition) is 2. The van der Waals surface area contributed by atoms with E-state index in [0.717, 1.165) is 0 Å². The highest BCUT2D eigenvalue weighted by Gasteiger charge is 2.54. The lowest BCUT2D eigenvalue weighted by Crippen LogP contribution is -2.43. The molecule has 0 amide bonds. The molecule has 1 aromatic rings. The van der Waals surface area contributed by atoms with Crippen LogP contribution in [0.2, 0.25) is 0 Å². The molecule has 3 nitrogen and oxygen atoms in total. The molecule has 0 N–H and O–H groups in total. The summed E-state index contributed by atoms with van der Waals surface area (Å²) in [5.74, 6) is -1.57. The number of alkyl halides is 3. The van der Waals surface area contributed by atoms with Crippen molar-refractivity contribution in [2.24, 2.45) is 10.8 Å². The van der Waals surface area contributed by atoms with Gasteiger partial charge in [-0.25, -0.2) is 13.6 Å². The van der Waals surface area contributed by atoms with Gasteiger partial charge in [0.2, 0.25) is 5.69 Å². The van der Waals surface area contributed by atoms with Crippen molar-refractivity contribution >= 4 is 5.69 Å². The summed E-state index contributed by atoms with van der Waals surface area (Å²) in [6.45, 7) is 8.77. The minimum Gasteiger partial charge on any atom is -0.493 e. The van der Waals surface area contributed by atoms with Crippen molar-refractivity contribution in [1.29, 1.82) is 5.26 Å². The Labute approximate surface area is 165 Å². The molecule has 1 fully saturated rings. The number of halogens is 5. The summed E-state index contributed by atoms with van der Waals surface area (Å²) in [5, 5.41) is 9.44. The van der Waals surface area contributed by atoms with E-state index in [9.17, 15) is 27.2 Å². The molecule has 8 heteroatoms. The Morgan fingerprint density at radius 1 is 1.17 bits per heavy atom. The van der Waals surface area contributed by atoms with Crippen LogP contribution in [0.15, 0.2) is 23.8 Å². The molecule has 3 aliphatic rings. The van der Waals surface area contributed by atoms with Crippen LogP contribution in [0.1, 0.15) is 50.2 Å². The summed E-state index contributed by atoms with van der Waals surface area (Å²) in [7, 11) is 0. The topological polar surface area (TPSA) is 37.4 Å². The highest BCUT2D eigenvalue weighted by atomic mass is 19.4. The van der Waals surface area contributed by atoms with Crippen LogP contribution < -0.4 is 4.74 Å². The zero-order valence-electron chi connectivity index (χ0n) is 15.8. The van der Waals surface area contributed by atoms with E-state index >= 15 is 0 Å². The first-order valence-electron chi connectivity index (χ1n) is 9.24. The monoisotopic (exact) mass is 410 g/mol. The Balaban J connectivity index is 1.86. The van der Waals surface area contributed by atoms with Gasteiger partial charge < -0.3 is 4.74 Å². The van der Waals surface area contributed by atoms with Crippen molar-refractivity contribution in [2.75, 3.05) is 6.61 Å². The van der Waals surface area contributed by atoms with Crippen LogP contribution in [0, 0.1) is 28.7 Å². The normalized spacial score (nSPS) is 26.2. The van der Waals surface area contributed by atoms with Gasteiger partial charge in [0.05, 0.1) is 18.1 Å². The second kappa shape index (κ2) is 7.33. The third-order valence-electron chi connectivity index (χ3n) is 6.13. The summed E-state index contributed by atoms with van der Waals surface area (Å²) in [5.41, 5.74) is -2.17. The van der Waals surface area contributed by atoms with E-state index in [1.54, 1.807) is 13.0 Å². The summed E-state index contributed by atoms with van der Waals surface area (Å²) in [6, 6.07) is 4.45. The molecular weight excluding hydrogens is 391 g/mol. The Morgan fingerprint density at radius 2 is 1.83 bits per heavy atom. The molecule has 0 atom stereocenters. The molecule has 0 saturated heterocycles. The van der Waals surface area contributed by atoms with Crippen molar-refractivity contribution in [3.05, 3.63) is 46.3 Å². The average Bonchev–Trinajstić information content (AvgIpc) is 2.68. The molecule has 0 aliphatic heterocycles. The van der Waals surface area contributed by atoms with E-state index in [-0.39, 0.29) is 29.2 Å². The van der Waals surface area contributed by atoms with Crippen molar-refractivity contribution in [3.8, 4) is 11.8 Å². The summed E-state index contributed by atoms with van der Waals surface area (Å²) in [4.78, 5) is 3.22. The van der Waals surface area contributed by atoms with Crippen LogP contribution >= 0.6 is 0 Å². The number of ether oxygens (including phenoxy) is 1. The van der Waals surface area contributed by atoms with Crippen LogP contribution in [0.4, 0.5) is 27.6 Å². The largest absolute Gasteiger partial charge is 0.493 e. The zero-order valence-corrected chi connectivity index (χ0v) is 15.8. The van der Waals surface area contributed by atoms with Gasteiger partial charge in [-0.1, -0.05) is 13.0 Å². The Hall–Kier alpha value is -2.61. The second-order valence-corrected chi connectivity index (χ2v) is 8.04. The number of hydrogen-bond donors (Lipinski definition) is 0. The van der Waals surface area contributed by atoms with Crippen molar-refractivity contribution in [3.63, 3.8) is 0 Å². The molecule has 0 aromatic heterocycles. The Morgan fingerprint density at radius 3 is 2.38 bits per heavy atom. The van der Waals surface area contributed by atoms with Gasteiger partial charge in [-0.2, -0.15) is 18.4 Å². The van der Waals surface area contributed by atoms with E-state index < -0.39 is 41.5 Å². The van der Waals surface area contributed by atoms with Crippen LogP contribution in [0.3, 0.4) is 0 Å². The van der Waals surface area contributed by atoms with E-state index in [1.807, 2.05) is 0 Å². The molecule has 4 rings (SSSR count). The summed E-state index contributed by atoms with van der Waals surface area (Å²) < 4.78 is 72.3. The van der Waals surface area contributed by atoms with Gasteiger partial charge in [-0.05, 0) is 43.7 Å². The molecule has 0 radical (unpaired) electrons. The van der Waals surface area contributed by atoms with Crippen molar-refractivity contribution in [2.45, 2.75) is 51.6 Å². The first-order valence-corrected chi connectivity index (χ1v) is 9.24. The SMILES string of the molecule is [C-]#[N+]c1c(CCC(F)(F)F)ccc(OCC23CCC(C)(CC2)C(F)=C3F)c1C#N. The quantitative estimate of drug-likeness (QED) is 0.399. The molecule has 1 saturated carbocycles. The summed E-state index contributed by atoms with van der Waals surface area (Å²) >= 11 is 0. The molecule has 1 aromatic carbocycles. The Bertz CT molecular complexity index is 928. The lowest BCUT2D eigenvalue weighted by Gasteiger charge is -2.48. The number of nitriles is 1. The van der Waals surface area contributed by atoms with E-state index in [0.29, 0.717) is 25.7 Å². The first-order chi connectivity index (χ1) is 13.6. The number of nitrogens with zero attached hydrogens (tertiary/aromatic N) is 2. The van der Waals surface area contributed by atoms with Crippen LogP contribution in [0.25, 0.3) is 4.85 Å². The van der Waals surface area contributed by atoms with Gasteiger partial charge in [0.15, 0.2) is 0 Å². The predicted octanol–water partition coefficient (Wildman–Crippen LogP) is 6.71. The molecule has 3 aliphatic carbocycles. The zero-order chi connectivity index (χ0) is 21.4. The first kappa shape index (κ1) is 21.1. The second-order valence-electron chi connectivity index (χ2n) is 8.04. The van der Waals surface area contributed by atoms with Gasteiger partial charge in [-0.15, -0.1) is 0 Å². The molecule has 0 heterocycles. The standard InChI is InChI=1S/C21H19F5N2O/c1-19-7-9-20(10-8-19,18(23)17(19)22)12-29-15-4-3-13(5-6-21(24,25)26)16(28-2)14(15)11-27/h3-4H,5-10,12H2,1H3. The fraction of sp³-hybridized carbons (Fsp3) is 0.524. The van der Waals surface area contributed by atoms with Crippen molar-refractivity contribution < 1.29 is 26.7 Å². The predicted molar refractivity (Wildman–Crippen MR) is 95.5 cm³/mol. The van der Waals surface area contributed by atoms with Crippen molar-refractivity contribution in [1.82, 2.24) is 0 Å². The lowest BCUT2D eigenvalue weighted by molar-refractivity contribution is -0.133. The van der Waals surface area contributed by atoms with Gasteiger partial charge in [-0.3, -0.25) is 0 Å². The third kappa shape index (κ3) is 3.81. The Kier molecular flexibility index (Phi) is 5.34. The third-order valence-corrected chi connectivity index (χ3v) is 6.13. The number of rotatable bonds is 5. The molecule has 154 valence electrons. The molecule has 2 bridgehead atoms. The number of allylic oxidation sites excluding steroid dienone is 1. The van der Waals surface area contributed by atoms with Crippen LogP contribution in [-0.4, -0.2) is 12.8 Å². The molecule has 0 spiro atoms. The minimum absolute atomic E-state index is 0.00393. The maximum absolute atomic E-state index is 14.7. The smallest absolute Gasteiger partial charge is 0.389 e. The van der Waals surface area contributed by atoms with E-state index in [1.165, 1.54) is 12.1 Å². The number of aryl methyl sites for hydroxylation is 1. The van der Waals surface area contributed by atoms with E-state index in [4.69, 9.17) is 11.3 Å². The van der Waals surface area contributed by atoms with Crippen LogP contribution in [-0.2, 0) is 6.42 Å². The fourth-order valence-electron chi connectivity index (χ4n) is 4.09. The lowest BCUT2D eigenvalue weighted by atomic mass is 9.58. The highest BCUT2D eigenvalue weighted by Crippen LogP contribution is 2.60. The van der Waals surface area contributed by atoms with E-state index in [2.05, 4.69) is 4.85 Å². The minimum atomic E-state index is -4.38. The molecular formula is C21H19F5N2O. The molecule has 29 heavy (non-hydrogen) atoms. The fourth-order valence-corrected chi connectivity index (χ4v) is 4.09. The number of fused-ring (bicyclic) bond motifs is 2. The highest BCUT2D eigenvalue weighted by molar-refractivity contribution is 5.68. The van der Waals surface area contributed by atoms with Gasteiger partial charge in [0.25, 0.3) is 0 Å². The summed E-state index contributed by atoms with van der Waals surface area (Å²) in [6.07, 6.45) is -4.13. The molecule has 0 unspecified atom stereocenters. The average molecular weight is 410 g/mol. The van der Waals surface area contributed by atoms with Crippen LogP contribution in [0.5, 0.6) is 5.75 Å². The maximum Gasteiger partial charge on any atom is 0.389 e. The van der Waals surface area contributed by atoms with Gasteiger partial charge >= 0.3 is 6.18 Å². The number of benzene rings is 1. The van der Waals surface area contributed by atoms with Gasteiger partial charge in [0.1, 0.15) is 29.6 Å².